The summed E-state index contributed by atoms with van der Waals surface area (Å²) in [6, 6.07) is 3.07. The zero-order valence-corrected chi connectivity index (χ0v) is 17.7. The highest BCUT2D eigenvalue weighted by atomic mass is 35.5. The lowest BCUT2D eigenvalue weighted by atomic mass is 9.96. The van der Waals surface area contributed by atoms with Gasteiger partial charge >= 0.3 is 0 Å². The van der Waals surface area contributed by atoms with Crippen LogP contribution in [-0.2, 0) is 26.8 Å². The topological polar surface area (TPSA) is 101 Å². The van der Waals surface area contributed by atoms with Gasteiger partial charge in [0.05, 0.1) is 4.34 Å². The highest BCUT2D eigenvalue weighted by Crippen LogP contribution is 2.28. The number of nitrogens with zero attached hydrogens (tertiary/aromatic N) is 6. The summed E-state index contributed by atoms with van der Waals surface area (Å²) in [5.41, 5.74) is -0.279. The first-order valence-corrected chi connectivity index (χ1v) is 11.0. The first kappa shape index (κ1) is 20.2. The largest absolute Gasteiger partial charge is 0.338 e. The first-order valence-electron chi connectivity index (χ1n) is 8.39. The summed E-state index contributed by atoms with van der Waals surface area (Å²) in [5.74, 6) is 0.496. The van der Waals surface area contributed by atoms with Gasteiger partial charge in [-0.3, -0.25) is 4.79 Å². The monoisotopic (exact) mass is 432 g/mol. The number of piperazine rings is 1. The van der Waals surface area contributed by atoms with E-state index in [1.54, 1.807) is 11.0 Å². The molecular formula is C15H21ClN6O3S2. The van der Waals surface area contributed by atoms with E-state index >= 15 is 0 Å². The number of thiophene rings is 1. The van der Waals surface area contributed by atoms with Crippen LogP contribution < -0.4 is 0 Å². The Morgan fingerprint density at radius 3 is 2.44 bits per heavy atom. The van der Waals surface area contributed by atoms with Gasteiger partial charge in [0.1, 0.15) is 10.8 Å². The molecule has 2 aromatic rings. The van der Waals surface area contributed by atoms with Crippen molar-refractivity contribution in [3.8, 4) is 0 Å². The molecule has 1 amide bonds. The van der Waals surface area contributed by atoms with E-state index in [1.165, 1.54) is 15.1 Å². The number of hydrogen-bond donors (Lipinski definition) is 0. The maximum Gasteiger partial charge on any atom is 0.252 e. The fourth-order valence-electron chi connectivity index (χ4n) is 2.82. The van der Waals surface area contributed by atoms with Crippen molar-refractivity contribution in [2.75, 3.05) is 26.2 Å². The molecular weight excluding hydrogens is 412 g/mol. The van der Waals surface area contributed by atoms with E-state index < -0.39 is 10.0 Å². The smallest absolute Gasteiger partial charge is 0.252 e. The molecule has 0 unspecified atom stereocenters. The number of tetrazole rings is 1. The summed E-state index contributed by atoms with van der Waals surface area (Å²) < 4.78 is 28.8. The molecule has 0 atom stereocenters. The molecule has 0 saturated carbocycles. The molecule has 0 aliphatic carbocycles. The van der Waals surface area contributed by atoms with Crippen molar-refractivity contribution in [2.24, 2.45) is 0 Å². The Labute approximate surface area is 167 Å². The van der Waals surface area contributed by atoms with Crippen LogP contribution >= 0.6 is 22.9 Å². The Morgan fingerprint density at radius 1 is 1.22 bits per heavy atom. The Morgan fingerprint density at radius 2 is 1.89 bits per heavy atom. The first-order chi connectivity index (χ1) is 12.6. The molecule has 2 aromatic heterocycles. The molecule has 3 heterocycles. The van der Waals surface area contributed by atoms with E-state index in [0.29, 0.717) is 23.3 Å². The van der Waals surface area contributed by atoms with Crippen molar-refractivity contribution in [3.05, 3.63) is 22.3 Å². The van der Waals surface area contributed by atoms with E-state index in [0.717, 1.165) is 11.3 Å². The summed E-state index contributed by atoms with van der Waals surface area (Å²) in [7, 11) is -3.57. The van der Waals surface area contributed by atoms with Gasteiger partial charge < -0.3 is 4.90 Å². The molecule has 1 saturated heterocycles. The van der Waals surface area contributed by atoms with E-state index in [1.807, 2.05) is 20.8 Å². The molecule has 0 radical (unpaired) electrons. The number of rotatable bonds is 4. The van der Waals surface area contributed by atoms with Gasteiger partial charge in [0.15, 0.2) is 5.82 Å². The second-order valence-corrected chi connectivity index (χ2v) is 11.1. The summed E-state index contributed by atoms with van der Waals surface area (Å²) in [6.07, 6.45) is 0. The average molecular weight is 433 g/mol. The van der Waals surface area contributed by atoms with Gasteiger partial charge in [-0.25, -0.2) is 13.1 Å². The third-order valence-electron chi connectivity index (χ3n) is 4.22. The lowest BCUT2D eigenvalue weighted by Crippen LogP contribution is -2.51. The Balaban J connectivity index is 1.63. The molecule has 0 N–H and O–H groups in total. The summed E-state index contributed by atoms with van der Waals surface area (Å²) >= 11 is 6.88. The average Bonchev–Trinajstić information content (AvgIpc) is 3.24. The van der Waals surface area contributed by atoms with Gasteiger partial charge in [-0.05, 0) is 22.6 Å². The fourth-order valence-corrected chi connectivity index (χ4v) is 5.88. The number of sulfonamides is 1. The van der Waals surface area contributed by atoms with Crippen molar-refractivity contribution < 1.29 is 13.2 Å². The minimum atomic E-state index is -3.57. The van der Waals surface area contributed by atoms with Gasteiger partial charge in [0, 0.05) is 31.6 Å². The molecule has 0 aromatic carbocycles. The maximum atomic E-state index is 12.6. The van der Waals surface area contributed by atoms with Crippen LogP contribution in [0.2, 0.25) is 4.34 Å². The number of halogens is 1. The highest BCUT2D eigenvalue weighted by molar-refractivity contribution is 7.91. The van der Waals surface area contributed by atoms with E-state index in [-0.39, 0.29) is 35.2 Å². The van der Waals surface area contributed by atoms with Gasteiger partial charge in [0.25, 0.3) is 10.0 Å². The molecule has 3 rings (SSSR count). The van der Waals surface area contributed by atoms with Gasteiger partial charge in [-0.15, -0.1) is 16.4 Å². The lowest BCUT2D eigenvalue weighted by Gasteiger charge is -2.33. The van der Waals surface area contributed by atoms with E-state index in [4.69, 9.17) is 11.6 Å². The van der Waals surface area contributed by atoms with Crippen molar-refractivity contribution in [1.82, 2.24) is 29.4 Å². The molecule has 9 nitrogen and oxygen atoms in total. The standard InChI is InChI=1S/C15H21ClN6O3S2/c1-15(2,3)14-17-18-19-22(14)10-12(23)20-6-8-21(9-7-20)27(24,25)13-5-4-11(16)26-13/h4-5H,6-10H2,1-3H3. The SMILES string of the molecule is CC(C)(C)c1nnnn1CC(=O)N1CCN(S(=O)(=O)c2ccc(Cl)s2)CC1. The molecule has 1 aliphatic heterocycles. The zero-order chi connectivity index (χ0) is 19.8. The van der Waals surface area contributed by atoms with Crippen molar-refractivity contribution in [1.29, 1.82) is 0 Å². The summed E-state index contributed by atoms with van der Waals surface area (Å²) in [5, 5.41) is 11.6. The van der Waals surface area contributed by atoms with Crippen LogP contribution in [0.3, 0.4) is 0 Å². The van der Waals surface area contributed by atoms with Crippen LogP contribution in [0.5, 0.6) is 0 Å². The number of carbonyl (C=O) groups is 1. The van der Waals surface area contributed by atoms with Gasteiger partial charge in [0.2, 0.25) is 5.91 Å². The number of amides is 1. The molecule has 12 heteroatoms. The van der Waals surface area contributed by atoms with E-state index in [2.05, 4.69) is 15.5 Å². The zero-order valence-electron chi connectivity index (χ0n) is 15.3. The van der Waals surface area contributed by atoms with Crippen LogP contribution in [0.15, 0.2) is 16.3 Å². The third-order valence-corrected chi connectivity index (χ3v) is 7.82. The maximum absolute atomic E-state index is 12.6. The van der Waals surface area contributed by atoms with Gasteiger partial charge in [-0.2, -0.15) is 4.31 Å². The highest BCUT2D eigenvalue weighted by Gasteiger charge is 2.32. The minimum absolute atomic E-state index is 0.0346. The van der Waals surface area contributed by atoms with Crippen LogP contribution in [0.1, 0.15) is 26.6 Å². The van der Waals surface area contributed by atoms with Crippen molar-refractivity contribution >= 4 is 38.9 Å². The van der Waals surface area contributed by atoms with Crippen LogP contribution in [0.25, 0.3) is 0 Å². The Hall–Kier alpha value is -1.56. The molecule has 1 aliphatic rings. The molecule has 0 spiro atoms. The molecule has 27 heavy (non-hydrogen) atoms. The van der Waals surface area contributed by atoms with E-state index in [9.17, 15) is 13.2 Å². The number of carbonyl (C=O) groups excluding carboxylic acids is 1. The number of aromatic nitrogens is 4. The normalized spacial score (nSPS) is 16.7. The summed E-state index contributed by atoms with van der Waals surface area (Å²) in [4.78, 5) is 14.2. The predicted octanol–water partition coefficient (Wildman–Crippen LogP) is 1.22. The van der Waals surface area contributed by atoms with Crippen molar-refractivity contribution in [2.45, 2.75) is 36.9 Å². The Bertz CT molecular complexity index is 925. The molecule has 0 bridgehead atoms. The van der Waals surface area contributed by atoms with Crippen LogP contribution in [0.4, 0.5) is 0 Å². The van der Waals surface area contributed by atoms with Crippen molar-refractivity contribution in [3.63, 3.8) is 0 Å². The summed E-state index contributed by atoms with van der Waals surface area (Å²) in [6.45, 7) is 7.08. The van der Waals surface area contributed by atoms with Crippen LogP contribution in [0, 0.1) is 0 Å². The predicted molar refractivity (Wildman–Crippen MR) is 101 cm³/mol. The third kappa shape index (κ3) is 4.31. The minimum Gasteiger partial charge on any atom is -0.338 e. The molecule has 148 valence electrons. The second kappa shape index (κ2) is 7.46. The second-order valence-electron chi connectivity index (χ2n) is 7.25. The lowest BCUT2D eigenvalue weighted by molar-refractivity contribution is -0.133. The molecule has 1 fully saturated rings. The fraction of sp³-hybridized carbons (Fsp3) is 0.600. The number of hydrogen-bond acceptors (Lipinski definition) is 7. The van der Waals surface area contributed by atoms with Gasteiger partial charge in [-0.1, -0.05) is 32.4 Å². The van der Waals surface area contributed by atoms with Crippen LogP contribution in [-0.4, -0.2) is 69.9 Å². The Kier molecular flexibility index (Phi) is 5.57. The quantitative estimate of drug-likeness (QED) is 0.719.